The fraction of sp³-hybridized carbons (Fsp3) is 0.214. The highest BCUT2D eigenvalue weighted by molar-refractivity contribution is 7.98. The predicted molar refractivity (Wildman–Crippen MR) is 84.7 cm³/mol. The minimum atomic E-state index is -1.24. The first kappa shape index (κ1) is 16.4. The van der Waals surface area contributed by atoms with Crippen molar-refractivity contribution in [1.82, 2.24) is 9.97 Å². The molecule has 1 aromatic carbocycles. The van der Waals surface area contributed by atoms with E-state index < -0.39 is 11.8 Å². The van der Waals surface area contributed by atoms with E-state index in [1.807, 2.05) is 0 Å². The van der Waals surface area contributed by atoms with Gasteiger partial charge in [0.1, 0.15) is 5.75 Å². The molecule has 0 aliphatic heterocycles. The number of nitroso groups, excluding NO2 is 1. The second kappa shape index (κ2) is 7.33. The first-order valence-corrected chi connectivity index (χ1v) is 7.78. The Morgan fingerprint density at radius 1 is 1.41 bits per heavy atom. The Bertz CT molecular complexity index is 711. The fourth-order valence-corrected chi connectivity index (χ4v) is 2.37. The van der Waals surface area contributed by atoms with Gasteiger partial charge >= 0.3 is 0 Å². The van der Waals surface area contributed by atoms with Gasteiger partial charge in [0, 0.05) is 11.8 Å². The number of rotatable bonds is 6. The predicted octanol–water partition coefficient (Wildman–Crippen LogP) is 3.55. The van der Waals surface area contributed by atoms with Crippen LogP contribution in [0, 0.1) is 4.91 Å². The first-order chi connectivity index (χ1) is 10.6. The number of ketones is 1. The Morgan fingerprint density at radius 3 is 2.82 bits per heavy atom. The summed E-state index contributed by atoms with van der Waals surface area (Å²) in [6.07, 6.45) is 3.29. The second-order valence-corrected chi connectivity index (χ2v) is 5.37. The zero-order chi connectivity index (χ0) is 16.1. The lowest BCUT2D eigenvalue weighted by atomic mass is 10.0. The van der Waals surface area contributed by atoms with Crippen molar-refractivity contribution in [2.45, 2.75) is 11.2 Å². The smallest absolute Gasteiger partial charge is 0.197 e. The molecule has 0 spiro atoms. The highest BCUT2D eigenvalue weighted by Crippen LogP contribution is 2.28. The van der Waals surface area contributed by atoms with Crippen LogP contribution in [0.4, 0.5) is 0 Å². The minimum absolute atomic E-state index is 0.258. The molecule has 6 nitrogen and oxygen atoms in total. The average molecular weight is 338 g/mol. The van der Waals surface area contributed by atoms with Gasteiger partial charge < -0.3 is 4.74 Å². The van der Waals surface area contributed by atoms with Crippen molar-refractivity contribution < 1.29 is 9.53 Å². The van der Waals surface area contributed by atoms with Crippen LogP contribution in [-0.2, 0) is 0 Å². The molecule has 0 aliphatic rings. The molecule has 1 heterocycles. The monoisotopic (exact) mass is 337 g/mol. The summed E-state index contributed by atoms with van der Waals surface area (Å²) in [7, 11) is 1.44. The Hall–Kier alpha value is -1.99. The number of Topliss-reactive ketones (excluding diaryl/α,β-unsaturated/α-hetero) is 1. The van der Waals surface area contributed by atoms with Crippen LogP contribution in [0.15, 0.2) is 40.8 Å². The molecule has 0 saturated carbocycles. The van der Waals surface area contributed by atoms with Crippen molar-refractivity contribution in [1.29, 1.82) is 0 Å². The molecule has 1 atom stereocenters. The van der Waals surface area contributed by atoms with Crippen LogP contribution in [0.25, 0.3) is 0 Å². The number of methoxy groups -OCH3 is 1. The molecule has 0 N–H and O–H groups in total. The van der Waals surface area contributed by atoms with E-state index in [4.69, 9.17) is 16.3 Å². The molecule has 2 rings (SSSR count). The Balaban J connectivity index is 2.38. The van der Waals surface area contributed by atoms with Crippen LogP contribution < -0.4 is 4.74 Å². The molecular weight excluding hydrogens is 326 g/mol. The molecule has 114 valence electrons. The molecule has 0 bridgehead atoms. The number of ether oxygens (including phenoxy) is 1. The number of aromatic nitrogens is 2. The van der Waals surface area contributed by atoms with E-state index in [1.54, 1.807) is 6.26 Å². The van der Waals surface area contributed by atoms with Gasteiger partial charge in [-0.3, -0.25) is 4.79 Å². The third kappa shape index (κ3) is 3.42. The van der Waals surface area contributed by atoms with Crippen LogP contribution in [0.5, 0.6) is 5.75 Å². The second-order valence-electron chi connectivity index (χ2n) is 4.19. The van der Waals surface area contributed by atoms with Crippen molar-refractivity contribution in [3.63, 3.8) is 0 Å². The van der Waals surface area contributed by atoms with E-state index in [0.29, 0.717) is 15.9 Å². The Labute approximate surface area is 136 Å². The zero-order valence-corrected chi connectivity index (χ0v) is 13.4. The number of thioether (sulfide) groups is 1. The molecular formula is C14H12ClN3O3S. The van der Waals surface area contributed by atoms with Crippen LogP contribution in [0.2, 0.25) is 5.02 Å². The molecule has 0 amide bonds. The van der Waals surface area contributed by atoms with Gasteiger partial charge in [0.25, 0.3) is 0 Å². The zero-order valence-electron chi connectivity index (χ0n) is 11.8. The van der Waals surface area contributed by atoms with Crippen LogP contribution in [-0.4, -0.2) is 29.1 Å². The number of halogens is 1. The molecule has 2 aromatic rings. The number of nitrogens with zero attached hydrogens (tertiary/aromatic N) is 3. The molecule has 0 saturated heterocycles. The summed E-state index contributed by atoms with van der Waals surface area (Å²) in [4.78, 5) is 31.8. The third-order valence-corrected chi connectivity index (χ3v) is 3.78. The van der Waals surface area contributed by atoms with Crippen LogP contribution >= 0.6 is 23.4 Å². The molecule has 22 heavy (non-hydrogen) atoms. The summed E-state index contributed by atoms with van der Waals surface area (Å²) in [5.74, 6) is -0.125. The first-order valence-electron chi connectivity index (χ1n) is 6.18. The topological polar surface area (TPSA) is 81.5 Å². The van der Waals surface area contributed by atoms with E-state index in [9.17, 15) is 9.70 Å². The summed E-state index contributed by atoms with van der Waals surface area (Å²) >= 11 is 7.24. The molecule has 1 aromatic heterocycles. The summed E-state index contributed by atoms with van der Waals surface area (Å²) in [6.45, 7) is 0. The maximum absolute atomic E-state index is 12.5. The summed E-state index contributed by atoms with van der Waals surface area (Å²) in [5.41, 5.74) is 0.531. The maximum atomic E-state index is 12.5. The average Bonchev–Trinajstić information content (AvgIpc) is 2.56. The number of carbonyl (C=O) groups excluding carboxylic acids is 1. The van der Waals surface area contributed by atoms with Gasteiger partial charge in [-0.25, -0.2) is 9.97 Å². The Morgan fingerprint density at radius 2 is 2.18 bits per heavy atom. The Kier molecular flexibility index (Phi) is 5.46. The fourth-order valence-electron chi connectivity index (χ4n) is 1.81. The SMILES string of the molecule is COc1cc(C(=O)C(N=O)c2ccnc(SC)n2)ccc1Cl. The van der Waals surface area contributed by atoms with E-state index in [1.165, 1.54) is 49.3 Å². The van der Waals surface area contributed by atoms with E-state index in [0.717, 1.165) is 0 Å². The number of carbonyl (C=O) groups is 1. The number of benzene rings is 1. The number of hydrogen-bond acceptors (Lipinski definition) is 7. The van der Waals surface area contributed by atoms with Gasteiger partial charge in [-0.1, -0.05) is 28.5 Å². The van der Waals surface area contributed by atoms with E-state index in [2.05, 4.69) is 15.1 Å². The molecule has 8 heteroatoms. The maximum Gasteiger partial charge on any atom is 0.197 e. The van der Waals surface area contributed by atoms with E-state index >= 15 is 0 Å². The van der Waals surface area contributed by atoms with Crippen molar-refractivity contribution in [2.24, 2.45) is 5.18 Å². The third-order valence-electron chi connectivity index (χ3n) is 2.91. The molecule has 0 radical (unpaired) electrons. The van der Waals surface area contributed by atoms with Crippen LogP contribution in [0.3, 0.4) is 0 Å². The molecule has 0 aliphatic carbocycles. The normalized spacial score (nSPS) is 11.8. The highest BCUT2D eigenvalue weighted by Gasteiger charge is 2.25. The van der Waals surface area contributed by atoms with Gasteiger partial charge in [0.15, 0.2) is 17.0 Å². The lowest BCUT2D eigenvalue weighted by molar-refractivity contribution is 0.0959. The van der Waals surface area contributed by atoms with E-state index in [-0.39, 0.29) is 11.3 Å². The summed E-state index contributed by atoms with van der Waals surface area (Å²) in [6, 6.07) is 4.78. The minimum Gasteiger partial charge on any atom is -0.495 e. The lowest BCUT2D eigenvalue weighted by Crippen LogP contribution is -2.13. The van der Waals surface area contributed by atoms with Crippen LogP contribution in [0.1, 0.15) is 22.1 Å². The van der Waals surface area contributed by atoms with Gasteiger partial charge in [0.05, 0.1) is 17.8 Å². The van der Waals surface area contributed by atoms with Crippen molar-refractivity contribution in [2.75, 3.05) is 13.4 Å². The molecule has 1 unspecified atom stereocenters. The van der Waals surface area contributed by atoms with Gasteiger partial charge in [-0.15, -0.1) is 4.91 Å². The molecule has 0 fully saturated rings. The summed E-state index contributed by atoms with van der Waals surface area (Å²) in [5, 5.41) is 3.76. The quantitative estimate of drug-likeness (QED) is 0.347. The highest BCUT2D eigenvalue weighted by atomic mass is 35.5. The number of hydrogen-bond donors (Lipinski definition) is 0. The lowest BCUT2D eigenvalue weighted by Gasteiger charge is -2.10. The van der Waals surface area contributed by atoms with Crippen molar-refractivity contribution in [3.8, 4) is 5.75 Å². The van der Waals surface area contributed by atoms with Crippen molar-refractivity contribution >= 4 is 29.1 Å². The van der Waals surface area contributed by atoms with Crippen molar-refractivity contribution in [3.05, 3.63) is 51.6 Å². The summed E-state index contributed by atoms with van der Waals surface area (Å²) < 4.78 is 5.07. The largest absolute Gasteiger partial charge is 0.495 e. The standard InChI is InChI=1S/C14H12ClN3O3S/c1-21-11-7-8(3-4-9(11)15)13(19)12(18-20)10-5-6-16-14(17-10)22-2/h3-7,12H,1-2H3. The van der Waals surface area contributed by atoms with Gasteiger partial charge in [0.2, 0.25) is 0 Å². The van der Waals surface area contributed by atoms with Gasteiger partial charge in [-0.2, -0.15) is 0 Å². The van der Waals surface area contributed by atoms with Gasteiger partial charge in [-0.05, 0) is 30.5 Å².